The molecule has 0 aliphatic carbocycles. The summed E-state index contributed by atoms with van der Waals surface area (Å²) in [6.07, 6.45) is 4.57. The zero-order chi connectivity index (χ0) is 9.56. The normalized spacial score (nSPS) is 12.8. The first-order valence-electron chi connectivity index (χ1n) is 3.67. The van der Waals surface area contributed by atoms with Crippen LogP contribution in [-0.4, -0.2) is 12.2 Å². The molecule has 0 aromatic rings. The number of allylic oxidation sites excluding steroid dienone is 3. The Bertz CT molecular complexity index is 239. The Kier molecular flexibility index (Phi) is 4.69. The van der Waals surface area contributed by atoms with E-state index in [1.54, 1.807) is 26.0 Å². The van der Waals surface area contributed by atoms with E-state index < -0.39 is 5.91 Å². The highest BCUT2D eigenvalue weighted by atomic mass is 16.1. The lowest BCUT2D eigenvalue weighted by Gasteiger charge is -1.96. The van der Waals surface area contributed by atoms with E-state index in [4.69, 9.17) is 5.73 Å². The molecule has 12 heavy (non-hydrogen) atoms. The molecule has 0 saturated carbocycles. The average molecular weight is 167 g/mol. The van der Waals surface area contributed by atoms with E-state index in [1.807, 2.05) is 0 Å². The zero-order valence-electron chi connectivity index (χ0n) is 7.33. The minimum Gasteiger partial charge on any atom is -0.366 e. The summed E-state index contributed by atoms with van der Waals surface area (Å²) in [4.78, 5) is 20.6. The van der Waals surface area contributed by atoms with Crippen molar-refractivity contribution in [2.24, 2.45) is 5.73 Å². The van der Waals surface area contributed by atoms with Crippen LogP contribution >= 0.6 is 0 Å². The van der Waals surface area contributed by atoms with Gasteiger partial charge in [-0.25, -0.2) is 0 Å². The molecule has 3 heteroatoms. The van der Waals surface area contributed by atoms with Crippen molar-refractivity contribution in [3.05, 3.63) is 23.3 Å². The molecule has 0 saturated heterocycles. The summed E-state index contributed by atoms with van der Waals surface area (Å²) in [5.41, 5.74) is 6.36. The third kappa shape index (κ3) is 3.71. The molecule has 0 fully saturated rings. The third-order valence-corrected chi connectivity index (χ3v) is 1.56. The van der Waals surface area contributed by atoms with Crippen LogP contribution in [0.15, 0.2) is 23.3 Å². The minimum absolute atomic E-state index is 0.364. The van der Waals surface area contributed by atoms with Gasteiger partial charge in [0.05, 0.1) is 0 Å². The first-order chi connectivity index (χ1) is 5.59. The van der Waals surface area contributed by atoms with E-state index >= 15 is 0 Å². The van der Waals surface area contributed by atoms with Crippen molar-refractivity contribution in [2.45, 2.75) is 20.3 Å². The second kappa shape index (κ2) is 5.29. The molecule has 1 amide bonds. The molecule has 0 atom stereocenters. The quantitative estimate of drug-likeness (QED) is 0.385. The van der Waals surface area contributed by atoms with Crippen LogP contribution in [0.3, 0.4) is 0 Å². The number of primary amides is 1. The lowest BCUT2D eigenvalue weighted by atomic mass is 10.1. The number of amides is 1. The van der Waals surface area contributed by atoms with Gasteiger partial charge in [-0.2, -0.15) is 0 Å². The van der Waals surface area contributed by atoms with Crippen molar-refractivity contribution >= 4 is 12.2 Å². The maximum absolute atomic E-state index is 10.6. The molecule has 0 aliphatic rings. The highest BCUT2D eigenvalue weighted by Gasteiger charge is 1.98. The molecule has 0 spiro atoms. The van der Waals surface area contributed by atoms with Gasteiger partial charge in [-0.05, 0) is 19.4 Å². The summed E-state index contributed by atoms with van der Waals surface area (Å²) in [5, 5.41) is 0. The smallest absolute Gasteiger partial charge is 0.244 e. The van der Waals surface area contributed by atoms with Crippen LogP contribution in [0, 0.1) is 0 Å². The van der Waals surface area contributed by atoms with Crippen molar-refractivity contribution in [3.8, 4) is 0 Å². The largest absolute Gasteiger partial charge is 0.366 e. The van der Waals surface area contributed by atoms with Crippen LogP contribution in [0.2, 0.25) is 0 Å². The Morgan fingerprint density at radius 2 is 2.00 bits per heavy atom. The van der Waals surface area contributed by atoms with Gasteiger partial charge in [-0.1, -0.05) is 12.2 Å². The number of aldehydes is 1. The standard InChI is InChI=1S/C9H13NO2/c1-7(5-3-4-6-11)8(2)9(10)12/h3,5-6H,4H2,1-2H3,(H2,10,12). The number of carbonyl (C=O) groups excluding carboxylic acids is 2. The van der Waals surface area contributed by atoms with E-state index in [2.05, 4.69) is 0 Å². The molecule has 0 rings (SSSR count). The second-order valence-electron chi connectivity index (χ2n) is 2.48. The van der Waals surface area contributed by atoms with Crippen LogP contribution < -0.4 is 5.73 Å². The molecule has 2 N–H and O–H groups in total. The molecule has 3 nitrogen and oxygen atoms in total. The summed E-state index contributed by atoms with van der Waals surface area (Å²) < 4.78 is 0. The molecule has 0 aromatic carbocycles. The number of rotatable bonds is 4. The van der Waals surface area contributed by atoms with Crippen molar-refractivity contribution in [1.29, 1.82) is 0 Å². The number of carbonyl (C=O) groups is 2. The van der Waals surface area contributed by atoms with E-state index in [0.717, 1.165) is 11.9 Å². The van der Waals surface area contributed by atoms with Gasteiger partial charge < -0.3 is 10.5 Å². The monoisotopic (exact) mass is 167 g/mol. The molecule has 0 radical (unpaired) electrons. The highest BCUT2D eigenvalue weighted by Crippen LogP contribution is 2.03. The van der Waals surface area contributed by atoms with Crippen LogP contribution in [-0.2, 0) is 9.59 Å². The van der Waals surface area contributed by atoms with Crippen LogP contribution in [0.5, 0.6) is 0 Å². The fourth-order valence-electron chi connectivity index (χ4n) is 0.620. The molecule has 0 unspecified atom stereocenters. The van der Waals surface area contributed by atoms with Gasteiger partial charge in [0, 0.05) is 12.0 Å². The SMILES string of the molecule is CC(C=CCC=O)=C(C)C(N)=O. The molecule has 0 aliphatic heterocycles. The van der Waals surface area contributed by atoms with E-state index in [9.17, 15) is 9.59 Å². The number of hydrogen-bond donors (Lipinski definition) is 1. The van der Waals surface area contributed by atoms with Gasteiger partial charge in [0.1, 0.15) is 6.29 Å². The Morgan fingerprint density at radius 1 is 1.42 bits per heavy atom. The lowest BCUT2D eigenvalue weighted by molar-refractivity contribution is -0.114. The summed E-state index contributed by atoms with van der Waals surface area (Å²) in [6, 6.07) is 0. The number of hydrogen-bond acceptors (Lipinski definition) is 2. The average Bonchev–Trinajstić information content (AvgIpc) is 2.03. The predicted molar refractivity (Wildman–Crippen MR) is 47.4 cm³/mol. The van der Waals surface area contributed by atoms with Gasteiger partial charge in [-0.15, -0.1) is 0 Å². The van der Waals surface area contributed by atoms with Gasteiger partial charge >= 0.3 is 0 Å². The van der Waals surface area contributed by atoms with E-state index in [1.165, 1.54) is 0 Å². The Morgan fingerprint density at radius 3 is 2.42 bits per heavy atom. The van der Waals surface area contributed by atoms with Crippen molar-refractivity contribution in [1.82, 2.24) is 0 Å². The molecule has 0 bridgehead atoms. The second-order valence-corrected chi connectivity index (χ2v) is 2.48. The topological polar surface area (TPSA) is 60.2 Å². The van der Waals surface area contributed by atoms with Gasteiger partial charge in [0.15, 0.2) is 0 Å². The highest BCUT2D eigenvalue weighted by molar-refractivity contribution is 5.92. The minimum atomic E-state index is -0.428. The van der Waals surface area contributed by atoms with E-state index in [-0.39, 0.29) is 0 Å². The van der Waals surface area contributed by atoms with Gasteiger partial charge in [-0.3, -0.25) is 4.79 Å². The fourth-order valence-corrected chi connectivity index (χ4v) is 0.620. The van der Waals surface area contributed by atoms with Crippen LogP contribution in [0.1, 0.15) is 20.3 Å². The summed E-state index contributed by atoms with van der Waals surface area (Å²) in [7, 11) is 0. The Labute approximate surface area is 71.9 Å². The van der Waals surface area contributed by atoms with Gasteiger partial charge in [0.25, 0.3) is 0 Å². The first-order valence-corrected chi connectivity index (χ1v) is 3.67. The van der Waals surface area contributed by atoms with Crippen molar-refractivity contribution in [3.63, 3.8) is 0 Å². The van der Waals surface area contributed by atoms with Crippen LogP contribution in [0.4, 0.5) is 0 Å². The molecule has 66 valence electrons. The molecular formula is C9H13NO2. The van der Waals surface area contributed by atoms with Crippen LogP contribution in [0.25, 0.3) is 0 Å². The van der Waals surface area contributed by atoms with E-state index in [0.29, 0.717) is 12.0 Å². The summed E-state index contributed by atoms with van der Waals surface area (Å²) in [6.45, 7) is 3.43. The maximum atomic E-state index is 10.6. The summed E-state index contributed by atoms with van der Waals surface area (Å²) in [5.74, 6) is -0.428. The summed E-state index contributed by atoms with van der Waals surface area (Å²) >= 11 is 0. The van der Waals surface area contributed by atoms with Crippen molar-refractivity contribution < 1.29 is 9.59 Å². The Hall–Kier alpha value is -1.38. The first kappa shape index (κ1) is 10.6. The molecule has 0 heterocycles. The molecular weight excluding hydrogens is 154 g/mol. The fraction of sp³-hybridized carbons (Fsp3) is 0.333. The lowest BCUT2D eigenvalue weighted by Crippen LogP contribution is -2.12. The Balaban J connectivity index is 4.35. The maximum Gasteiger partial charge on any atom is 0.244 e. The number of nitrogens with two attached hydrogens (primary N) is 1. The molecule has 0 aromatic heterocycles. The van der Waals surface area contributed by atoms with Crippen molar-refractivity contribution in [2.75, 3.05) is 0 Å². The predicted octanol–water partition coefficient (Wildman–Crippen LogP) is 0.953. The van der Waals surface area contributed by atoms with Gasteiger partial charge in [0.2, 0.25) is 5.91 Å². The third-order valence-electron chi connectivity index (χ3n) is 1.56. The zero-order valence-corrected chi connectivity index (χ0v) is 7.33.